The highest BCUT2D eigenvalue weighted by atomic mass is 32.2. The van der Waals surface area contributed by atoms with Gasteiger partial charge < -0.3 is 14.8 Å². The van der Waals surface area contributed by atoms with Crippen molar-refractivity contribution in [2.75, 3.05) is 13.2 Å². The molecule has 0 heterocycles. The molecule has 1 aliphatic rings. The van der Waals surface area contributed by atoms with E-state index in [2.05, 4.69) is 5.32 Å². The second-order valence-electron chi connectivity index (χ2n) is 7.07. The summed E-state index contributed by atoms with van der Waals surface area (Å²) in [5, 5.41) is 8.09. The van der Waals surface area contributed by atoms with Crippen molar-refractivity contribution in [2.24, 2.45) is 5.14 Å². The van der Waals surface area contributed by atoms with E-state index in [0.717, 1.165) is 18.4 Å². The maximum absolute atomic E-state index is 13.1. The maximum atomic E-state index is 13.1. The van der Waals surface area contributed by atoms with E-state index in [1.54, 1.807) is 12.1 Å². The lowest BCUT2D eigenvalue weighted by atomic mass is 9.92. The van der Waals surface area contributed by atoms with Crippen molar-refractivity contribution < 1.29 is 27.3 Å². The van der Waals surface area contributed by atoms with Crippen LogP contribution < -0.4 is 15.2 Å². The molecule has 1 saturated carbocycles. The molecule has 0 aliphatic heterocycles. The number of aryl methyl sites for hydroxylation is 1. The molecule has 0 spiro atoms. The van der Waals surface area contributed by atoms with Crippen LogP contribution in [0.1, 0.15) is 50.5 Å². The molecule has 1 unspecified atom stereocenters. The van der Waals surface area contributed by atoms with Crippen molar-refractivity contribution in [3.05, 3.63) is 23.8 Å². The van der Waals surface area contributed by atoms with E-state index in [1.165, 1.54) is 0 Å². The minimum Gasteiger partial charge on any atom is -0.492 e. The molecule has 2 rings (SSSR count). The molecule has 9 heteroatoms. The predicted octanol–water partition coefficient (Wildman–Crippen LogP) is 3.83. The molecule has 0 radical (unpaired) electrons. The number of nitrogens with two attached hydrogens (primary N) is 1. The molecular formula is C19H28F2N2O4S. The van der Waals surface area contributed by atoms with E-state index in [1.807, 2.05) is 13.0 Å². The third-order valence-electron chi connectivity index (χ3n) is 4.63. The monoisotopic (exact) mass is 418 g/mol. The van der Waals surface area contributed by atoms with Crippen LogP contribution in [-0.2, 0) is 15.7 Å². The Bertz CT molecular complexity index is 678. The number of nitrogens with one attached hydrogen (secondary N) is 1. The quantitative estimate of drug-likeness (QED) is 0.597. The number of alkyl halides is 2. The molecule has 0 saturated heterocycles. The molecule has 1 aromatic carbocycles. The van der Waals surface area contributed by atoms with Gasteiger partial charge in [-0.1, -0.05) is 6.07 Å². The number of halogens is 2. The maximum Gasteiger partial charge on any atom is 0.407 e. The summed E-state index contributed by atoms with van der Waals surface area (Å²) >= 11 is 0. The average Bonchev–Trinajstić information content (AvgIpc) is 2.62. The molecule has 0 aromatic heterocycles. The van der Waals surface area contributed by atoms with Crippen LogP contribution in [0.2, 0.25) is 0 Å². The van der Waals surface area contributed by atoms with Crippen molar-refractivity contribution in [2.45, 2.75) is 68.7 Å². The fraction of sp³-hybridized carbons (Fsp3) is 0.632. The first kappa shape index (κ1) is 22.5. The van der Waals surface area contributed by atoms with Gasteiger partial charge in [-0.15, -0.1) is 0 Å². The highest BCUT2D eigenvalue weighted by Gasteiger charge is 2.35. The zero-order valence-corrected chi connectivity index (χ0v) is 16.9. The van der Waals surface area contributed by atoms with Gasteiger partial charge in [0.15, 0.2) is 0 Å². The highest BCUT2D eigenvalue weighted by Crippen LogP contribution is 2.33. The molecule has 1 fully saturated rings. The normalized spacial score (nSPS) is 17.7. The molecule has 0 bridgehead atoms. The van der Waals surface area contributed by atoms with E-state index in [9.17, 15) is 17.8 Å². The lowest BCUT2D eigenvalue weighted by Crippen LogP contribution is -2.40. The zero-order valence-electron chi connectivity index (χ0n) is 16.0. The number of carbonyl (C=O) groups excluding carboxylic acids is 1. The second kappa shape index (κ2) is 10.7. The summed E-state index contributed by atoms with van der Waals surface area (Å²) in [7, 11) is -1.60. The fourth-order valence-electron chi connectivity index (χ4n) is 3.01. The van der Waals surface area contributed by atoms with Gasteiger partial charge in [0.05, 0.1) is 18.1 Å². The van der Waals surface area contributed by atoms with Gasteiger partial charge in [-0.25, -0.2) is 22.9 Å². The molecule has 1 atom stereocenters. The SMILES string of the molecule is Cc1ccc(S(N)=O)c(OCCCCCOC(=O)NC2CCC(F)(F)CC2)c1. The highest BCUT2D eigenvalue weighted by molar-refractivity contribution is 7.82. The summed E-state index contributed by atoms with van der Waals surface area (Å²) in [6.07, 6.45) is 1.80. The van der Waals surface area contributed by atoms with Crippen molar-refractivity contribution in [3.63, 3.8) is 0 Å². The first-order valence-corrected chi connectivity index (χ1v) is 10.7. The minimum absolute atomic E-state index is 0.196. The number of hydrogen-bond donors (Lipinski definition) is 2. The second-order valence-corrected chi connectivity index (χ2v) is 8.10. The van der Waals surface area contributed by atoms with Gasteiger partial charge in [0.1, 0.15) is 16.7 Å². The number of unbranched alkanes of at least 4 members (excludes halogenated alkanes) is 2. The summed E-state index contributed by atoms with van der Waals surface area (Å²) < 4.78 is 48.4. The third-order valence-corrected chi connectivity index (χ3v) is 5.41. The lowest BCUT2D eigenvalue weighted by molar-refractivity contribution is -0.0403. The van der Waals surface area contributed by atoms with Gasteiger partial charge in [-0.2, -0.15) is 0 Å². The standard InChI is InChI=1S/C19H28F2N2O4S/c1-14-5-6-17(28(22)25)16(13-14)26-11-3-2-4-12-27-18(24)23-15-7-9-19(20,21)10-8-15/h5-6,13,15H,2-4,7-12,22H2,1H3,(H,23,24). The molecule has 28 heavy (non-hydrogen) atoms. The predicted molar refractivity (Wildman–Crippen MR) is 103 cm³/mol. The minimum atomic E-state index is -2.61. The van der Waals surface area contributed by atoms with Crippen LogP contribution in [0.25, 0.3) is 0 Å². The van der Waals surface area contributed by atoms with Gasteiger partial charge >= 0.3 is 6.09 Å². The Kier molecular flexibility index (Phi) is 8.62. The molecular weight excluding hydrogens is 390 g/mol. The molecule has 1 amide bonds. The van der Waals surface area contributed by atoms with Crippen molar-refractivity contribution in [3.8, 4) is 5.75 Å². The molecule has 1 aliphatic carbocycles. The average molecular weight is 419 g/mol. The zero-order chi connectivity index (χ0) is 20.6. The molecule has 1 aromatic rings. The summed E-state index contributed by atoms with van der Waals surface area (Å²) in [6, 6.07) is 5.08. The Balaban J connectivity index is 1.56. The number of hydrogen-bond acceptors (Lipinski definition) is 4. The van der Waals surface area contributed by atoms with Crippen LogP contribution >= 0.6 is 0 Å². The van der Waals surface area contributed by atoms with Crippen LogP contribution in [0.15, 0.2) is 23.1 Å². The molecule has 6 nitrogen and oxygen atoms in total. The molecule has 158 valence electrons. The van der Waals surface area contributed by atoms with Crippen molar-refractivity contribution >= 4 is 17.1 Å². The smallest absolute Gasteiger partial charge is 0.407 e. The Morgan fingerprint density at radius 2 is 1.93 bits per heavy atom. The Morgan fingerprint density at radius 3 is 2.61 bits per heavy atom. The number of amides is 1. The number of rotatable bonds is 9. The number of ether oxygens (including phenoxy) is 2. The van der Waals surface area contributed by atoms with Crippen LogP contribution in [0.3, 0.4) is 0 Å². The van der Waals surface area contributed by atoms with Crippen molar-refractivity contribution in [1.29, 1.82) is 0 Å². The Hall–Kier alpha value is -1.74. The summed E-state index contributed by atoms with van der Waals surface area (Å²) in [4.78, 5) is 12.2. The van der Waals surface area contributed by atoms with E-state index in [0.29, 0.717) is 23.7 Å². The summed E-state index contributed by atoms with van der Waals surface area (Å²) in [6.45, 7) is 2.62. The third kappa shape index (κ3) is 7.71. The first-order chi connectivity index (χ1) is 13.3. The van der Waals surface area contributed by atoms with E-state index in [-0.39, 0.29) is 38.3 Å². The number of carbonyl (C=O) groups is 1. The summed E-state index contributed by atoms with van der Waals surface area (Å²) in [5.41, 5.74) is 0.991. The van der Waals surface area contributed by atoms with Crippen LogP contribution in [0.5, 0.6) is 5.75 Å². The van der Waals surface area contributed by atoms with Gasteiger partial charge in [0.25, 0.3) is 0 Å². The largest absolute Gasteiger partial charge is 0.492 e. The molecule has 3 N–H and O–H groups in total. The van der Waals surface area contributed by atoms with E-state index < -0.39 is 23.0 Å². The van der Waals surface area contributed by atoms with Crippen LogP contribution in [0.4, 0.5) is 13.6 Å². The van der Waals surface area contributed by atoms with E-state index >= 15 is 0 Å². The van der Waals surface area contributed by atoms with Gasteiger partial charge in [-0.05, 0) is 56.7 Å². The fourth-order valence-corrected chi connectivity index (χ4v) is 3.53. The number of benzene rings is 1. The lowest BCUT2D eigenvalue weighted by Gasteiger charge is -2.28. The van der Waals surface area contributed by atoms with Gasteiger partial charge in [-0.3, -0.25) is 0 Å². The first-order valence-electron chi connectivity index (χ1n) is 9.47. The van der Waals surface area contributed by atoms with Crippen molar-refractivity contribution in [1.82, 2.24) is 5.32 Å². The van der Waals surface area contributed by atoms with Crippen LogP contribution in [0, 0.1) is 6.92 Å². The van der Waals surface area contributed by atoms with Gasteiger partial charge in [0.2, 0.25) is 5.92 Å². The Morgan fingerprint density at radius 1 is 1.25 bits per heavy atom. The topological polar surface area (TPSA) is 90.7 Å². The van der Waals surface area contributed by atoms with Crippen LogP contribution in [-0.4, -0.2) is 35.5 Å². The number of alkyl carbamates (subject to hydrolysis) is 1. The summed E-state index contributed by atoms with van der Waals surface area (Å²) in [5.74, 6) is -2.09. The van der Waals surface area contributed by atoms with Gasteiger partial charge in [0, 0.05) is 18.9 Å². The van der Waals surface area contributed by atoms with E-state index in [4.69, 9.17) is 14.6 Å². The Labute approximate surface area is 166 Å².